The van der Waals surface area contributed by atoms with Gasteiger partial charge in [0.25, 0.3) is 5.82 Å². The molecule has 1 heterocycles. The molecule has 2 aromatic rings. The molecule has 6 heteroatoms. The van der Waals surface area contributed by atoms with E-state index >= 15 is 0 Å². The van der Waals surface area contributed by atoms with Crippen molar-refractivity contribution in [3.8, 4) is 0 Å². The zero-order valence-corrected chi connectivity index (χ0v) is 9.91. The standard InChI is InChI=1S/C11H11F2N3.ClH/c1-6-7(11(14)16-15-6)5-8-9(12)3-2-4-10(8)13;/h2-4H,5H2,1H3,(H3,14,15,16);1H. The third-order valence-corrected chi connectivity index (χ3v) is 2.58. The van der Waals surface area contributed by atoms with Crippen LogP contribution in [0.15, 0.2) is 18.2 Å². The molecule has 2 rings (SSSR count). The number of halogens is 3. The number of nitrogens with one attached hydrogen (secondary N) is 2. The van der Waals surface area contributed by atoms with E-state index in [1.165, 1.54) is 18.2 Å². The fourth-order valence-corrected chi connectivity index (χ4v) is 1.62. The average molecular weight is 260 g/mol. The van der Waals surface area contributed by atoms with Crippen LogP contribution in [0.1, 0.15) is 16.8 Å². The molecule has 0 amide bonds. The van der Waals surface area contributed by atoms with Crippen molar-refractivity contribution >= 4 is 5.82 Å². The van der Waals surface area contributed by atoms with Gasteiger partial charge in [-0.1, -0.05) is 6.07 Å². The van der Waals surface area contributed by atoms with E-state index in [0.717, 1.165) is 5.69 Å². The second kappa shape index (κ2) is 5.14. The van der Waals surface area contributed by atoms with Gasteiger partial charge in [0.05, 0.1) is 11.3 Å². The maximum absolute atomic E-state index is 13.4. The molecule has 0 aliphatic carbocycles. The highest BCUT2D eigenvalue weighted by Gasteiger charge is 2.16. The summed E-state index contributed by atoms with van der Waals surface area (Å²) in [4.78, 5) is 0. The second-order valence-corrected chi connectivity index (χ2v) is 3.64. The topological polar surface area (TPSA) is 56.0 Å². The van der Waals surface area contributed by atoms with Crippen molar-refractivity contribution in [3.63, 3.8) is 0 Å². The van der Waals surface area contributed by atoms with Crippen molar-refractivity contribution in [1.82, 2.24) is 5.10 Å². The molecule has 0 fully saturated rings. The van der Waals surface area contributed by atoms with Gasteiger partial charge in [0, 0.05) is 12.0 Å². The Labute approximate surface area is 103 Å². The van der Waals surface area contributed by atoms with E-state index in [9.17, 15) is 8.78 Å². The number of rotatable bonds is 2. The average Bonchev–Trinajstić information content (AvgIpc) is 2.54. The van der Waals surface area contributed by atoms with E-state index in [2.05, 4.69) is 10.2 Å². The molecule has 1 aromatic heterocycles. The minimum absolute atomic E-state index is 0. The van der Waals surface area contributed by atoms with Crippen LogP contribution >= 0.6 is 0 Å². The Bertz CT molecular complexity index is 486. The van der Waals surface area contributed by atoms with Crippen molar-refractivity contribution in [2.45, 2.75) is 13.3 Å². The van der Waals surface area contributed by atoms with Gasteiger partial charge in [0.2, 0.25) is 0 Å². The van der Waals surface area contributed by atoms with Crippen LogP contribution in [0, 0.1) is 18.6 Å². The molecule has 0 aliphatic rings. The van der Waals surface area contributed by atoms with Crippen LogP contribution in [-0.2, 0) is 6.42 Å². The quantitative estimate of drug-likeness (QED) is 0.684. The lowest BCUT2D eigenvalue weighted by molar-refractivity contribution is -0.434. The van der Waals surface area contributed by atoms with E-state index in [1.54, 1.807) is 6.92 Å². The Morgan fingerprint density at radius 1 is 1.24 bits per heavy atom. The van der Waals surface area contributed by atoms with Gasteiger partial charge in [-0.2, -0.15) is 5.10 Å². The monoisotopic (exact) mass is 259 g/mol. The molecule has 0 bridgehead atoms. The Kier molecular flexibility index (Phi) is 4.07. The van der Waals surface area contributed by atoms with E-state index in [0.29, 0.717) is 11.4 Å². The van der Waals surface area contributed by atoms with Gasteiger partial charge in [-0.15, -0.1) is 0 Å². The molecule has 1 aromatic carbocycles. The summed E-state index contributed by atoms with van der Waals surface area (Å²) in [6, 6.07) is 3.81. The molecule has 0 spiro atoms. The Balaban J connectivity index is 0.00000144. The van der Waals surface area contributed by atoms with Gasteiger partial charge in [-0.3, -0.25) is 5.73 Å². The SMILES string of the molecule is Cc1[nH][nH+]c(N)c1Cc1c(F)cccc1F.[Cl-]. The first-order valence-corrected chi connectivity index (χ1v) is 4.87. The lowest BCUT2D eigenvalue weighted by atomic mass is 10.0. The minimum Gasteiger partial charge on any atom is -1.00 e. The molecular formula is C11H12ClF2N3. The first kappa shape index (κ1) is 13.4. The fraction of sp³-hybridized carbons (Fsp3) is 0.182. The highest BCUT2D eigenvalue weighted by Crippen LogP contribution is 2.20. The molecule has 0 atom stereocenters. The smallest absolute Gasteiger partial charge is 0.294 e. The van der Waals surface area contributed by atoms with Crippen LogP contribution in [0.2, 0.25) is 0 Å². The molecule has 0 saturated carbocycles. The van der Waals surface area contributed by atoms with Gasteiger partial charge >= 0.3 is 0 Å². The number of aryl methyl sites for hydroxylation is 1. The summed E-state index contributed by atoms with van der Waals surface area (Å²) < 4.78 is 26.8. The van der Waals surface area contributed by atoms with E-state index in [1.807, 2.05) is 0 Å². The van der Waals surface area contributed by atoms with Crippen molar-refractivity contribution < 1.29 is 26.3 Å². The molecule has 92 valence electrons. The summed E-state index contributed by atoms with van der Waals surface area (Å²) in [7, 11) is 0. The third-order valence-electron chi connectivity index (χ3n) is 2.58. The maximum Gasteiger partial charge on any atom is 0.294 e. The van der Waals surface area contributed by atoms with Crippen molar-refractivity contribution in [1.29, 1.82) is 0 Å². The predicted octanol–water partition coefficient (Wildman–Crippen LogP) is -1.41. The van der Waals surface area contributed by atoms with Crippen molar-refractivity contribution in [3.05, 3.63) is 46.7 Å². The predicted molar refractivity (Wildman–Crippen MR) is 55.7 cm³/mol. The number of H-pyrrole nitrogens is 2. The van der Waals surface area contributed by atoms with E-state index < -0.39 is 11.6 Å². The highest BCUT2D eigenvalue weighted by molar-refractivity contribution is 5.41. The Morgan fingerprint density at radius 3 is 2.29 bits per heavy atom. The summed E-state index contributed by atoms with van der Waals surface area (Å²) in [5, 5.41) is 5.51. The maximum atomic E-state index is 13.4. The van der Waals surface area contributed by atoms with Gasteiger partial charge < -0.3 is 12.4 Å². The zero-order chi connectivity index (χ0) is 11.7. The molecule has 0 radical (unpaired) electrons. The molecular weight excluding hydrogens is 248 g/mol. The molecule has 0 unspecified atom stereocenters. The fourth-order valence-electron chi connectivity index (χ4n) is 1.62. The molecule has 0 aliphatic heterocycles. The Hall–Kier alpha value is -1.62. The lowest BCUT2D eigenvalue weighted by Crippen LogP contribution is -3.00. The van der Waals surface area contributed by atoms with Gasteiger partial charge in [0.1, 0.15) is 11.6 Å². The van der Waals surface area contributed by atoms with Crippen LogP contribution in [0.4, 0.5) is 14.6 Å². The van der Waals surface area contributed by atoms with Crippen molar-refractivity contribution in [2.75, 3.05) is 5.73 Å². The van der Waals surface area contributed by atoms with Crippen LogP contribution in [0.25, 0.3) is 0 Å². The normalized spacial score (nSPS) is 10.1. The minimum atomic E-state index is -0.556. The van der Waals surface area contributed by atoms with Gasteiger partial charge in [-0.25, -0.2) is 13.9 Å². The third kappa shape index (κ3) is 2.55. The number of benzene rings is 1. The largest absolute Gasteiger partial charge is 1.00 e. The molecule has 0 saturated heterocycles. The van der Waals surface area contributed by atoms with Crippen LogP contribution in [-0.4, -0.2) is 5.10 Å². The number of anilines is 1. The zero-order valence-electron chi connectivity index (χ0n) is 9.15. The van der Waals surface area contributed by atoms with Crippen molar-refractivity contribution in [2.24, 2.45) is 0 Å². The number of hydrogen-bond acceptors (Lipinski definition) is 1. The van der Waals surface area contributed by atoms with E-state index in [4.69, 9.17) is 5.73 Å². The number of nitrogens with two attached hydrogens (primary N) is 1. The van der Waals surface area contributed by atoms with Crippen LogP contribution in [0.5, 0.6) is 0 Å². The number of aromatic amines is 2. The second-order valence-electron chi connectivity index (χ2n) is 3.64. The van der Waals surface area contributed by atoms with E-state index in [-0.39, 0.29) is 24.4 Å². The number of hydrogen-bond donors (Lipinski definition) is 2. The molecule has 4 N–H and O–H groups in total. The van der Waals surface area contributed by atoms with Gasteiger partial charge in [-0.05, 0) is 19.1 Å². The summed E-state index contributed by atoms with van der Waals surface area (Å²) in [5.74, 6) is -0.708. The van der Waals surface area contributed by atoms with Crippen LogP contribution < -0.4 is 23.2 Å². The summed E-state index contributed by atoms with van der Waals surface area (Å²) in [6.07, 6.45) is 0.135. The molecule has 3 nitrogen and oxygen atoms in total. The molecule has 17 heavy (non-hydrogen) atoms. The summed E-state index contributed by atoms with van der Waals surface area (Å²) in [5.41, 5.74) is 7.15. The lowest BCUT2D eigenvalue weighted by Gasteiger charge is -2.03. The first-order chi connectivity index (χ1) is 7.59. The summed E-state index contributed by atoms with van der Waals surface area (Å²) in [6.45, 7) is 1.79. The number of aromatic nitrogens is 2. The Morgan fingerprint density at radius 2 is 1.82 bits per heavy atom. The summed E-state index contributed by atoms with van der Waals surface area (Å²) >= 11 is 0. The van der Waals surface area contributed by atoms with Gasteiger partial charge in [0.15, 0.2) is 0 Å². The highest BCUT2D eigenvalue weighted by atomic mass is 35.5. The number of nitrogen functional groups attached to an aromatic ring is 1. The van der Waals surface area contributed by atoms with Crippen LogP contribution in [0.3, 0.4) is 0 Å². The first-order valence-electron chi connectivity index (χ1n) is 4.87.